The van der Waals surface area contributed by atoms with Crippen LogP contribution in [0.5, 0.6) is 0 Å². The summed E-state index contributed by atoms with van der Waals surface area (Å²) in [4.78, 5) is 0. The summed E-state index contributed by atoms with van der Waals surface area (Å²) in [6, 6.07) is 10.2. The van der Waals surface area contributed by atoms with Gasteiger partial charge in [-0.05, 0) is 12.0 Å². The summed E-state index contributed by atoms with van der Waals surface area (Å²) in [6.07, 6.45) is 19.1. The van der Waals surface area contributed by atoms with Crippen molar-refractivity contribution >= 4 is 0 Å². The molecule has 1 saturated heterocycles. The molecule has 2 atom stereocenters. The molecule has 2 unspecified atom stereocenters. The Kier molecular flexibility index (Phi) is 16.7. The number of rotatable bonds is 21. The van der Waals surface area contributed by atoms with Gasteiger partial charge in [-0.1, -0.05) is 121 Å². The number of ether oxygens (including phenoxy) is 4. The third-order valence-corrected chi connectivity index (χ3v) is 6.12. The average molecular weight is 449 g/mol. The second-order valence-electron chi connectivity index (χ2n) is 9.19. The predicted molar refractivity (Wildman–Crippen MR) is 132 cm³/mol. The van der Waals surface area contributed by atoms with Crippen LogP contribution < -0.4 is 0 Å². The first kappa shape index (κ1) is 27.3. The van der Waals surface area contributed by atoms with Gasteiger partial charge in [0.25, 0.3) is 0 Å². The summed E-state index contributed by atoms with van der Waals surface area (Å²) in [5.74, 6) is 0. The van der Waals surface area contributed by atoms with E-state index in [2.05, 4.69) is 19.1 Å². The molecule has 1 aromatic rings. The highest BCUT2D eigenvalue weighted by molar-refractivity contribution is 5.13. The van der Waals surface area contributed by atoms with E-state index in [1.807, 2.05) is 18.2 Å². The van der Waals surface area contributed by atoms with Crippen molar-refractivity contribution in [2.45, 2.75) is 116 Å². The molecule has 1 aliphatic rings. The monoisotopic (exact) mass is 448 g/mol. The number of hydrogen-bond donors (Lipinski definition) is 0. The van der Waals surface area contributed by atoms with Crippen molar-refractivity contribution in [2.24, 2.45) is 0 Å². The molecule has 0 radical (unpaired) electrons. The molecule has 0 N–H and O–H groups in total. The lowest BCUT2D eigenvalue weighted by molar-refractivity contribution is -0.115. The highest BCUT2D eigenvalue weighted by Gasteiger charge is 2.26. The molecule has 1 aromatic carbocycles. The van der Waals surface area contributed by atoms with Gasteiger partial charge in [-0.15, -0.1) is 0 Å². The lowest BCUT2D eigenvalue weighted by Gasteiger charge is -2.12. The summed E-state index contributed by atoms with van der Waals surface area (Å²) in [6.45, 7) is 5.38. The van der Waals surface area contributed by atoms with Crippen molar-refractivity contribution < 1.29 is 18.9 Å². The van der Waals surface area contributed by atoms with Crippen molar-refractivity contribution in [2.75, 3.05) is 26.4 Å². The normalized spacial score (nSPS) is 18.4. The molecule has 1 aliphatic heterocycles. The smallest absolute Gasteiger partial charge is 0.181 e. The zero-order valence-electron chi connectivity index (χ0n) is 20.6. The van der Waals surface area contributed by atoms with Crippen LogP contribution in [0.4, 0.5) is 0 Å². The zero-order chi connectivity index (χ0) is 22.5. The minimum absolute atomic E-state index is 0.0342. The number of hydrogen-bond acceptors (Lipinski definition) is 4. The maximum atomic E-state index is 5.85. The van der Waals surface area contributed by atoms with E-state index < -0.39 is 0 Å². The predicted octanol–water partition coefficient (Wildman–Crippen LogP) is 7.44. The van der Waals surface area contributed by atoms with E-state index in [0.717, 1.165) is 13.0 Å². The number of unbranched alkanes of at least 4 members (excludes halogenated alkanes) is 13. The number of benzene rings is 1. The molecule has 0 amide bonds. The van der Waals surface area contributed by atoms with Crippen molar-refractivity contribution in [3.63, 3.8) is 0 Å². The van der Waals surface area contributed by atoms with Crippen molar-refractivity contribution in [1.82, 2.24) is 0 Å². The molecule has 0 saturated carbocycles. The van der Waals surface area contributed by atoms with E-state index in [1.165, 1.54) is 89.0 Å². The molecule has 1 fully saturated rings. The lowest BCUT2D eigenvalue weighted by Crippen LogP contribution is -2.21. The molecule has 4 heteroatoms. The van der Waals surface area contributed by atoms with Crippen LogP contribution in [0.3, 0.4) is 0 Å². The standard InChI is InChI=1S/C28H48O4/c1-2-3-4-5-6-7-8-9-10-11-12-13-14-18-21-29-23-27-24-31-28(32-27)25-30-22-26-19-16-15-17-20-26/h15-17,19-20,27-28H,2-14,18,21-25H2,1H3. The molecule has 4 nitrogen and oxygen atoms in total. The molecule has 1 heterocycles. The van der Waals surface area contributed by atoms with Gasteiger partial charge < -0.3 is 18.9 Å². The fraction of sp³-hybridized carbons (Fsp3) is 0.786. The van der Waals surface area contributed by atoms with Crippen molar-refractivity contribution in [1.29, 1.82) is 0 Å². The summed E-state index contributed by atoms with van der Waals surface area (Å²) < 4.78 is 23.0. The second kappa shape index (κ2) is 19.5. The van der Waals surface area contributed by atoms with E-state index in [0.29, 0.717) is 26.4 Å². The first-order chi connectivity index (χ1) is 15.9. The molecule has 32 heavy (non-hydrogen) atoms. The Morgan fingerprint density at radius 2 is 1.31 bits per heavy atom. The Morgan fingerprint density at radius 1 is 0.719 bits per heavy atom. The highest BCUT2D eigenvalue weighted by atomic mass is 16.7. The molecular weight excluding hydrogens is 400 g/mol. The Bertz CT molecular complexity index is 521. The van der Waals surface area contributed by atoms with Gasteiger partial charge in [0, 0.05) is 6.61 Å². The van der Waals surface area contributed by atoms with E-state index in [4.69, 9.17) is 18.9 Å². The van der Waals surface area contributed by atoms with E-state index in [9.17, 15) is 0 Å². The van der Waals surface area contributed by atoms with Gasteiger partial charge in [-0.2, -0.15) is 0 Å². The van der Waals surface area contributed by atoms with Crippen LogP contribution in [0.25, 0.3) is 0 Å². The zero-order valence-corrected chi connectivity index (χ0v) is 20.6. The van der Waals surface area contributed by atoms with Crippen LogP contribution in [-0.2, 0) is 25.6 Å². The maximum absolute atomic E-state index is 5.85. The van der Waals surface area contributed by atoms with Gasteiger partial charge in [0.15, 0.2) is 6.29 Å². The molecule has 2 rings (SSSR count). The Hall–Kier alpha value is -0.940. The minimum atomic E-state index is -0.270. The first-order valence-electron chi connectivity index (χ1n) is 13.3. The second-order valence-corrected chi connectivity index (χ2v) is 9.19. The summed E-state index contributed by atoms with van der Waals surface area (Å²) in [7, 11) is 0. The van der Waals surface area contributed by atoms with Gasteiger partial charge in [0.2, 0.25) is 0 Å². The molecule has 0 aromatic heterocycles. The van der Waals surface area contributed by atoms with Gasteiger partial charge >= 0.3 is 0 Å². The molecule has 0 bridgehead atoms. The van der Waals surface area contributed by atoms with E-state index >= 15 is 0 Å². The van der Waals surface area contributed by atoms with Crippen LogP contribution in [0.1, 0.15) is 102 Å². The molecule has 0 aliphatic carbocycles. The Balaban J connectivity index is 1.28. The molecule has 184 valence electrons. The topological polar surface area (TPSA) is 36.9 Å². The maximum Gasteiger partial charge on any atom is 0.181 e. The van der Waals surface area contributed by atoms with Gasteiger partial charge in [0.05, 0.1) is 26.4 Å². The quantitative estimate of drug-likeness (QED) is 0.183. The van der Waals surface area contributed by atoms with Gasteiger partial charge in [0.1, 0.15) is 6.10 Å². The van der Waals surface area contributed by atoms with Crippen molar-refractivity contribution in [3.05, 3.63) is 35.9 Å². The third kappa shape index (κ3) is 14.3. The van der Waals surface area contributed by atoms with Crippen molar-refractivity contribution in [3.8, 4) is 0 Å². The fourth-order valence-electron chi connectivity index (χ4n) is 4.14. The van der Waals surface area contributed by atoms with Gasteiger partial charge in [-0.25, -0.2) is 0 Å². The lowest BCUT2D eigenvalue weighted by atomic mass is 10.0. The Labute approximate surface area is 197 Å². The molecular formula is C28H48O4. The van der Waals surface area contributed by atoms with Crippen LogP contribution >= 0.6 is 0 Å². The van der Waals surface area contributed by atoms with Crippen LogP contribution in [-0.4, -0.2) is 38.8 Å². The fourth-order valence-corrected chi connectivity index (χ4v) is 4.14. The summed E-state index contributed by atoms with van der Waals surface area (Å²) >= 11 is 0. The Morgan fingerprint density at radius 3 is 1.94 bits per heavy atom. The van der Waals surface area contributed by atoms with E-state index in [1.54, 1.807) is 0 Å². The van der Waals surface area contributed by atoms with Crippen LogP contribution in [0.15, 0.2) is 30.3 Å². The van der Waals surface area contributed by atoms with E-state index in [-0.39, 0.29) is 12.4 Å². The minimum Gasteiger partial charge on any atom is -0.379 e. The van der Waals surface area contributed by atoms with Gasteiger partial charge in [-0.3, -0.25) is 0 Å². The SMILES string of the molecule is CCCCCCCCCCCCCCCCOCC1COC(COCc2ccccc2)O1. The van der Waals surface area contributed by atoms with Crippen LogP contribution in [0.2, 0.25) is 0 Å². The largest absolute Gasteiger partial charge is 0.379 e. The average Bonchev–Trinajstić information content (AvgIpc) is 3.27. The third-order valence-electron chi connectivity index (χ3n) is 6.12. The molecule has 0 spiro atoms. The summed E-state index contributed by atoms with van der Waals surface area (Å²) in [5.41, 5.74) is 1.17. The first-order valence-corrected chi connectivity index (χ1v) is 13.3. The highest BCUT2D eigenvalue weighted by Crippen LogP contribution is 2.15. The van der Waals surface area contributed by atoms with Crippen LogP contribution in [0, 0.1) is 0 Å². The summed E-state index contributed by atoms with van der Waals surface area (Å²) in [5, 5.41) is 0.